The minimum atomic E-state index is -4.63. The van der Waals surface area contributed by atoms with E-state index in [4.69, 9.17) is 4.74 Å². The molecule has 1 aliphatic carbocycles. The molecule has 2 heterocycles. The SMILES string of the molecule is COc1ccccc1Cc1cnn2c(NC3CC3)nc(C(F)(F)F)nc12. The first-order valence-electron chi connectivity index (χ1n) is 8.16. The summed E-state index contributed by atoms with van der Waals surface area (Å²) < 4.78 is 46.3. The number of hydrogen-bond donors (Lipinski definition) is 1. The zero-order valence-corrected chi connectivity index (χ0v) is 13.9. The van der Waals surface area contributed by atoms with Gasteiger partial charge >= 0.3 is 6.18 Å². The number of anilines is 1. The third-order valence-corrected chi connectivity index (χ3v) is 4.18. The Labute approximate surface area is 147 Å². The van der Waals surface area contributed by atoms with E-state index in [2.05, 4.69) is 20.4 Å². The molecule has 1 aromatic carbocycles. The molecule has 1 N–H and O–H groups in total. The van der Waals surface area contributed by atoms with Crippen LogP contribution in [0.5, 0.6) is 5.75 Å². The van der Waals surface area contributed by atoms with Gasteiger partial charge in [-0.3, -0.25) is 0 Å². The van der Waals surface area contributed by atoms with Crippen LogP contribution in [0.3, 0.4) is 0 Å². The zero-order valence-electron chi connectivity index (χ0n) is 13.9. The monoisotopic (exact) mass is 363 g/mol. The third kappa shape index (κ3) is 3.16. The summed E-state index contributed by atoms with van der Waals surface area (Å²) in [4.78, 5) is 7.36. The van der Waals surface area contributed by atoms with Crippen LogP contribution in [0.25, 0.3) is 5.65 Å². The van der Waals surface area contributed by atoms with Crippen molar-refractivity contribution in [2.24, 2.45) is 0 Å². The van der Waals surface area contributed by atoms with Gasteiger partial charge < -0.3 is 10.1 Å². The van der Waals surface area contributed by atoms with E-state index in [0.29, 0.717) is 17.7 Å². The fourth-order valence-corrected chi connectivity index (χ4v) is 2.73. The average Bonchev–Trinajstić information content (AvgIpc) is 3.33. The lowest BCUT2D eigenvalue weighted by atomic mass is 10.1. The summed E-state index contributed by atoms with van der Waals surface area (Å²) in [5.74, 6) is -0.445. The van der Waals surface area contributed by atoms with Crippen LogP contribution in [0, 0.1) is 0 Å². The lowest BCUT2D eigenvalue weighted by molar-refractivity contribution is -0.144. The van der Waals surface area contributed by atoms with Gasteiger partial charge in [-0.05, 0) is 24.5 Å². The standard InChI is InChI=1S/C17H16F3N5O/c1-26-13-5-3-2-4-10(13)8-11-9-21-25-14(11)23-15(17(18,19)20)24-16(25)22-12-6-7-12/h2-5,9,12H,6-8H2,1H3,(H,22,23,24). The summed E-state index contributed by atoms with van der Waals surface area (Å²) in [6.45, 7) is 0. The van der Waals surface area contributed by atoms with E-state index in [1.807, 2.05) is 18.2 Å². The fraction of sp³-hybridized carbons (Fsp3) is 0.353. The summed E-state index contributed by atoms with van der Waals surface area (Å²) in [5, 5.41) is 7.19. The van der Waals surface area contributed by atoms with E-state index < -0.39 is 12.0 Å². The lowest BCUT2D eigenvalue weighted by Crippen LogP contribution is -2.17. The molecule has 0 atom stereocenters. The highest BCUT2D eigenvalue weighted by molar-refractivity contribution is 5.54. The molecule has 3 aromatic rings. The van der Waals surface area contributed by atoms with Crippen molar-refractivity contribution in [3.05, 3.63) is 47.4 Å². The third-order valence-electron chi connectivity index (χ3n) is 4.18. The van der Waals surface area contributed by atoms with Crippen molar-refractivity contribution in [3.8, 4) is 5.75 Å². The first-order chi connectivity index (χ1) is 12.5. The number of aromatic nitrogens is 4. The van der Waals surface area contributed by atoms with E-state index in [0.717, 1.165) is 18.4 Å². The van der Waals surface area contributed by atoms with Crippen molar-refractivity contribution in [1.82, 2.24) is 19.6 Å². The van der Waals surface area contributed by atoms with Gasteiger partial charge in [-0.15, -0.1) is 0 Å². The highest BCUT2D eigenvalue weighted by Gasteiger charge is 2.37. The molecule has 0 spiro atoms. The summed E-state index contributed by atoms with van der Waals surface area (Å²) >= 11 is 0. The second-order valence-electron chi connectivity index (χ2n) is 6.18. The number of halogens is 3. The van der Waals surface area contributed by atoms with Crippen LogP contribution >= 0.6 is 0 Å². The van der Waals surface area contributed by atoms with E-state index in [1.54, 1.807) is 13.2 Å². The Bertz CT molecular complexity index is 949. The molecule has 1 fully saturated rings. The molecule has 0 bridgehead atoms. The van der Waals surface area contributed by atoms with E-state index in [9.17, 15) is 13.2 Å². The number of nitrogens with zero attached hydrogens (tertiary/aromatic N) is 4. The van der Waals surface area contributed by atoms with Crippen molar-refractivity contribution in [2.75, 3.05) is 12.4 Å². The number of alkyl halides is 3. The van der Waals surface area contributed by atoms with Crippen LogP contribution in [-0.4, -0.2) is 32.7 Å². The number of methoxy groups -OCH3 is 1. The van der Waals surface area contributed by atoms with Crippen molar-refractivity contribution in [1.29, 1.82) is 0 Å². The van der Waals surface area contributed by atoms with Crippen LogP contribution in [0.1, 0.15) is 29.8 Å². The second kappa shape index (κ2) is 6.15. The fourth-order valence-electron chi connectivity index (χ4n) is 2.73. The Morgan fingerprint density at radius 1 is 1.19 bits per heavy atom. The normalized spacial score (nSPS) is 14.6. The highest BCUT2D eigenvalue weighted by atomic mass is 19.4. The minimum absolute atomic E-state index is 0.0658. The average molecular weight is 363 g/mol. The van der Waals surface area contributed by atoms with Gasteiger partial charge in [-0.25, -0.2) is 4.98 Å². The van der Waals surface area contributed by atoms with Crippen LogP contribution in [-0.2, 0) is 12.6 Å². The maximum atomic E-state index is 13.2. The maximum Gasteiger partial charge on any atom is 0.451 e. The predicted octanol–water partition coefficient (Wildman–Crippen LogP) is 3.32. The van der Waals surface area contributed by atoms with Gasteiger partial charge in [0.15, 0.2) is 5.65 Å². The van der Waals surface area contributed by atoms with Crippen LogP contribution < -0.4 is 10.1 Å². The molecule has 1 saturated carbocycles. The number of para-hydroxylation sites is 1. The minimum Gasteiger partial charge on any atom is -0.496 e. The van der Waals surface area contributed by atoms with Gasteiger partial charge in [0, 0.05) is 18.0 Å². The topological polar surface area (TPSA) is 64.3 Å². The molecule has 9 heteroatoms. The van der Waals surface area contributed by atoms with E-state index >= 15 is 0 Å². The van der Waals surface area contributed by atoms with Gasteiger partial charge in [0.2, 0.25) is 11.8 Å². The Morgan fingerprint density at radius 3 is 2.65 bits per heavy atom. The molecule has 4 rings (SSSR count). The molecule has 0 saturated heterocycles. The van der Waals surface area contributed by atoms with Crippen molar-refractivity contribution in [2.45, 2.75) is 31.5 Å². The summed E-state index contributed by atoms with van der Waals surface area (Å²) in [6.07, 6.45) is -0.947. The molecule has 136 valence electrons. The first kappa shape index (κ1) is 16.6. The molecule has 6 nitrogen and oxygen atoms in total. The molecular formula is C17H16F3N5O. The Kier molecular flexibility index (Phi) is 3.93. The van der Waals surface area contributed by atoms with Crippen LogP contribution in [0.15, 0.2) is 30.5 Å². The molecule has 0 aliphatic heterocycles. The van der Waals surface area contributed by atoms with Gasteiger partial charge in [0.05, 0.1) is 13.3 Å². The maximum absolute atomic E-state index is 13.2. The number of hydrogen-bond acceptors (Lipinski definition) is 5. The predicted molar refractivity (Wildman–Crippen MR) is 88.2 cm³/mol. The number of benzene rings is 1. The molecular weight excluding hydrogens is 347 g/mol. The second-order valence-corrected chi connectivity index (χ2v) is 6.18. The first-order valence-corrected chi connectivity index (χ1v) is 8.16. The number of nitrogens with one attached hydrogen (secondary N) is 1. The highest BCUT2D eigenvalue weighted by Crippen LogP contribution is 2.31. The Balaban J connectivity index is 1.80. The summed E-state index contributed by atoms with van der Waals surface area (Å²) in [7, 11) is 1.55. The molecule has 1 aliphatic rings. The molecule has 0 unspecified atom stereocenters. The van der Waals surface area contributed by atoms with Crippen molar-refractivity contribution >= 4 is 11.6 Å². The van der Waals surface area contributed by atoms with E-state index in [1.165, 1.54) is 10.7 Å². The zero-order chi connectivity index (χ0) is 18.3. The van der Waals surface area contributed by atoms with Gasteiger partial charge in [0.1, 0.15) is 5.75 Å². The smallest absolute Gasteiger partial charge is 0.451 e. The molecule has 2 aromatic heterocycles. The summed E-state index contributed by atoms with van der Waals surface area (Å²) in [5.41, 5.74) is 1.55. The Hall–Kier alpha value is -2.84. The van der Waals surface area contributed by atoms with Crippen molar-refractivity contribution < 1.29 is 17.9 Å². The lowest BCUT2D eigenvalue weighted by Gasteiger charge is -2.11. The number of rotatable bonds is 5. The summed E-state index contributed by atoms with van der Waals surface area (Å²) in [6, 6.07) is 7.48. The van der Waals surface area contributed by atoms with Gasteiger partial charge in [-0.2, -0.15) is 27.8 Å². The quantitative estimate of drug-likeness (QED) is 0.753. The molecule has 0 radical (unpaired) electrons. The Morgan fingerprint density at radius 2 is 1.96 bits per heavy atom. The number of fused-ring (bicyclic) bond motifs is 1. The number of ether oxygens (including phenoxy) is 1. The van der Waals surface area contributed by atoms with Gasteiger partial charge in [-0.1, -0.05) is 18.2 Å². The molecule has 26 heavy (non-hydrogen) atoms. The van der Waals surface area contributed by atoms with Crippen LogP contribution in [0.4, 0.5) is 19.1 Å². The van der Waals surface area contributed by atoms with E-state index in [-0.39, 0.29) is 17.6 Å². The molecule has 0 amide bonds. The van der Waals surface area contributed by atoms with Gasteiger partial charge in [0.25, 0.3) is 0 Å². The van der Waals surface area contributed by atoms with Crippen LogP contribution in [0.2, 0.25) is 0 Å². The van der Waals surface area contributed by atoms with Crippen molar-refractivity contribution in [3.63, 3.8) is 0 Å². The largest absolute Gasteiger partial charge is 0.496 e.